The van der Waals surface area contributed by atoms with Crippen molar-refractivity contribution in [1.29, 1.82) is 0 Å². The van der Waals surface area contributed by atoms with E-state index in [4.69, 9.17) is 5.73 Å². The van der Waals surface area contributed by atoms with Gasteiger partial charge in [-0.15, -0.1) is 12.4 Å². The van der Waals surface area contributed by atoms with E-state index in [0.29, 0.717) is 6.04 Å². The van der Waals surface area contributed by atoms with Gasteiger partial charge in [0.25, 0.3) is 0 Å². The molecule has 0 spiro atoms. The number of nitrogens with zero attached hydrogens (tertiary/aromatic N) is 1. The van der Waals surface area contributed by atoms with E-state index in [1.165, 1.54) is 13.0 Å². The summed E-state index contributed by atoms with van der Waals surface area (Å²) in [6.45, 7) is 1.17. The van der Waals surface area contributed by atoms with Gasteiger partial charge in [0.1, 0.15) is 0 Å². The minimum Gasteiger partial charge on any atom is -0.327 e. The molecule has 1 aliphatic rings. The minimum absolute atomic E-state index is 0. The predicted octanol–water partition coefficient (Wildman–Crippen LogP) is 0.317. The van der Waals surface area contributed by atoms with Crippen molar-refractivity contribution in [3.8, 4) is 0 Å². The Hall–Kier alpha value is 0.210. The molecule has 3 heteroatoms. The van der Waals surface area contributed by atoms with Gasteiger partial charge in [0.15, 0.2) is 0 Å². The van der Waals surface area contributed by atoms with E-state index in [2.05, 4.69) is 19.0 Å². The van der Waals surface area contributed by atoms with Crippen molar-refractivity contribution in [3.05, 3.63) is 0 Å². The molecule has 0 saturated heterocycles. The van der Waals surface area contributed by atoms with Gasteiger partial charge < -0.3 is 10.6 Å². The van der Waals surface area contributed by atoms with E-state index in [9.17, 15) is 0 Å². The van der Waals surface area contributed by atoms with Crippen molar-refractivity contribution >= 4 is 12.4 Å². The molecule has 1 aliphatic carbocycles. The topological polar surface area (TPSA) is 29.3 Å². The molecule has 2 atom stereocenters. The third-order valence-electron chi connectivity index (χ3n) is 1.58. The van der Waals surface area contributed by atoms with Crippen molar-refractivity contribution in [2.24, 2.45) is 11.7 Å². The highest BCUT2D eigenvalue weighted by Crippen LogP contribution is 2.27. The Morgan fingerprint density at radius 1 is 1.56 bits per heavy atom. The van der Waals surface area contributed by atoms with Crippen LogP contribution in [0.5, 0.6) is 0 Å². The summed E-state index contributed by atoms with van der Waals surface area (Å²) in [5.74, 6) is 0.796. The summed E-state index contributed by atoms with van der Waals surface area (Å²) < 4.78 is 0. The molecule has 2 nitrogen and oxygen atoms in total. The lowest BCUT2D eigenvalue weighted by atomic mass is 10.4. The molecule has 0 radical (unpaired) electrons. The molecule has 0 bridgehead atoms. The van der Waals surface area contributed by atoms with Crippen LogP contribution in [-0.4, -0.2) is 31.6 Å². The standard InChI is InChI=1S/C6H14N2.ClH/c1-8(2)4-5-3-6(5)7;/h5-6H,3-4,7H2,1-2H3;1H/t5?,6-;/m1./s1. The average Bonchev–Trinajstić information content (AvgIpc) is 2.17. The molecule has 0 aromatic carbocycles. The highest BCUT2D eigenvalue weighted by molar-refractivity contribution is 5.85. The van der Waals surface area contributed by atoms with Crippen LogP contribution in [0.4, 0.5) is 0 Å². The number of nitrogens with two attached hydrogens (primary N) is 1. The van der Waals surface area contributed by atoms with E-state index in [1.807, 2.05) is 0 Å². The second-order valence-electron chi connectivity index (χ2n) is 2.92. The number of halogens is 1. The van der Waals surface area contributed by atoms with Crippen LogP contribution >= 0.6 is 12.4 Å². The first kappa shape index (κ1) is 9.21. The lowest BCUT2D eigenvalue weighted by Gasteiger charge is -2.06. The fourth-order valence-electron chi connectivity index (χ4n) is 0.950. The number of rotatable bonds is 2. The van der Waals surface area contributed by atoms with Gasteiger partial charge in [0.05, 0.1) is 0 Å². The Kier molecular flexibility index (Phi) is 3.48. The van der Waals surface area contributed by atoms with Crippen molar-refractivity contribution in [2.45, 2.75) is 12.5 Å². The largest absolute Gasteiger partial charge is 0.327 e. The average molecular weight is 151 g/mol. The van der Waals surface area contributed by atoms with Crippen LogP contribution in [0.3, 0.4) is 0 Å². The molecule has 0 aromatic heterocycles. The van der Waals surface area contributed by atoms with Gasteiger partial charge >= 0.3 is 0 Å². The molecule has 9 heavy (non-hydrogen) atoms. The van der Waals surface area contributed by atoms with Crippen LogP contribution in [0.15, 0.2) is 0 Å². The normalized spacial score (nSPS) is 32.0. The van der Waals surface area contributed by atoms with Crippen molar-refractivity contribution in [1.82, 2.24) is 4.90 Å². The summed E-state index contributed by atoms with van der Waals surface area (Å²) in [5.41, 5.74) is 5.59. The van der Waals surface area contributed by atoms with Gasteiger partial charge in [0, 0.05) is 12.6 Å². The lowest BCUT2D eigenvalue weighted by molar-refractivity contribution is 0.385. The van der Waals surface area contributed by atoms with Crippen LogP contribution < -0.4 is 5.73 Å². The molecular weight excluding hydrogens is 136 g/mol. The Labute approximate surface area is 62.8 Å². The number of hydrogen-bond acceptors (Lipinski definition) is 2. The molecule has 1 fully saturated rings. The second-order valence-corrected chi connectivity index (χ2v) is 2.92. The van der Waals surface area contributed by atoms with Crippen molar-refractivity contribution in [3.63, 3.8) is 0 Å². The fraction of sp³-hybridized carbons (Fsp3) is 1.00. The molecule has 56 valence electrons. The van der Waals surface area contributed by atoms with Crippen LogP contribution in [-0.2, 0) is 0 Å². The molecule has 0 amide bonds. The smallest absolute Gasteiger partial charge is 0.00836 e. The first-order valence-electron chi connectivity index (χ1n) is 3.10. The molecular formula is C6H15ClN2. The molecule has 0 aromatic rings. The maximum atomic E-state index is 5.59. The summed E-state index contributed by atoms with van der Waals surface area (Å²) in [6.07, 6.45) is 1.23. The van der Waals surface area contributed by atoms with Crippen molar-refractivity contribution in [2.75, 3.05) is 20.6 Å². The summed E-state index contributed by atoms with van der Waals surface area (Å²) in [5, 5.41) is 0. The third kappa shape index (κ3) is 3.04. The van der Waals surface area contributed by atoms with Gasteiger partial charge in [-0.25, -0.2) is 0 Å². The molecule has 0 aliphatic heterocycles. The summed E-state index contributed by atoms with van der Waals surface area (Å²) in [6, 6.07) is 0.511. The lowest BCUT2D eigenvalue weighted by Crippen LogP contribution is -2.18. The van der Waals surface area contributed by atoms with Crippen LogP contribution in [0.25, 0.3) is 0 Å². The highest BCUT2D eigenvalue weighted by atomic mass is 35.5. The maximum absolute atomic E-state index is 5.59. The van der Waals surface area contributed by atoms with Gasteiger partial charge in [-0.05, 0) is 26.4 Å². The Morgan fingerprint density at radius 3 is 2.11 bits per heavy atom. The van der Waals surface area contributed by atoms with Crippen molar-refractivity contribution < 1.29 is 0 Å². The Balaban J connectivity index is 0.000000640. The molecule has 2 N–H and O–H groups in total. The molecule has 1 saturated carbocycles. The summed E-state index contributed by atoms with van der Waals surface area (Å²) >= 11 is 0. The van der Waals surface area contributed by atoms with Gasteiger partial charge in [-0.2, -0.15) is 0 Å². The Morgan fingerprint density at radius 2 is 2.00 bits per heavy atom. The first-order chi connectivity index (χ1) is 3.70. The minimum atomic E-state index is 0. The van der Waals surface area contributed by atoms with Gasteiger partial charge in [-0.1, -0.05) is 0 Å². The zero-order chi connectivity index (χ0) is 6.15. The SMILES string of the molecule is CN(C)CC1C[C@H]1N.Cl. The van der Waals surface area contributed by atoms with E-state index < -0.39 is 0 Å². The highest BCUT2D eigenvalue weighted by Gasteiger charge is 2.33. The zero-order valence-electron chi connectivity index (χ0n) is 6.00. The van der Waals surface area contributed by atoms with E-state index in [0.717, 1.165) is 5.92 Å². The fourth-order valence-corrected chi connectivity index (χ4v) is 0.950. The number of hydrogen-bond donors (Lipinski definition) is 1. The maximum Gasteiger partial charge on any atom is 0.00836 e. The quantitative estimate of drug-likeness (QED) is 0.615. The Bertz CT molecular complexity index is 85.1. The molecule has 1 rings (SSSR count). The van der Waals surface area contributed by atoms with Gasteiger partial charge in [0.2, 0.25) is 0 Å². The molecule has 0 heterocycles. The van der Waals surface area contributed by atoms with Crippen LogP contribution in [0.2, 0.25) is 0 Å². The summed E-state index contributed by atoms with van der Waals surface area (Å²) in [7, 11) is 4.18. The van der Waals surface area contributed by atoms with Gasteiger partial charge in [-0.3, -0.25) is 0 Å². The van der Waals surface area contributed by atoms with E-state index in [1.54, 1.807) is 0 Å². The van der Waals surface area contributed by atoms with E-state index in [-0.39, 0.29) is 12.4 Å². The van der Waals surface area contributed by atoms with E-state index >= 15 is 0 Å². The third-order valence-corrected chi connectivity index (χ3v) is 1.58. The monoisotopic (exact) mass is 150 g/mol. The predicted molar refractivity (Wildman–Crippen MR) is 41.9 cm³/mol. The molecule has 1 unspecified atom stereocenters. The zero-order valence-corrected chi connectivity index (χ0v) is 6.82. The van der Waals surface area contributed by atoms with Crippen LogP contribution in [0.1, 0.15) is 6.42 Å². The van der Waals surface area contributed by atoms with Crippen LogP contribution in [0, 0.1) is 5.92 Å². The second kappa shape index (κ2) is 3.40. The first-order valence-corrected chi connectivity index (χ1v) is 3.10. The summed E-state index contributed by atoms with van der Waals surface area (Å²) in [4.78, 5) is 2.19.